The van der Waals surface area contributed by atoms with Crippen molar-refractivity contribution >= 4 is 17.9 Å². The number of allylic oxidation sites excluding steroid dienone is 20. The highest BCUT2D eigenvalue weighted by molar-refractivity contribution is 5.71. The Hall–Kier alpha value is -4.19. The molecule has 0 aromatic rings. The topological polar surface area (TPSA) is 78.9 Å². The molecule has 0 radical (unpaired) electrons. The van der Waals surface area contributed by atoms with E-state index < -0.39 is 6.10 Å². The lowest BCUT2D eigenvalue weighted by molar-refractivity contribution is -0.167. The molecule has 0 unspecified atom stereocenters. The molecule has 0 aliphatic rings. The minimum absolute atomic E-state index is 0.105. The average molecular weight is 970 g/mol. The van der Waals surface area contributed by atoms with Crippen molar-refractivity contribution in [2.24, 2.45) is 0 Å². The van der Waals surface area contributed by atoms with Crippen molar-refractivity contribution < 1.29 is 28.6 Å². The summed E-state index contributed by atoms with van der Waals surface area (Å²) in [7, 11) is 0. The van der Waals surface area contributed by atoms with E-state index in [1.807, 2.05) is 0 Å². The van der Waals surface area contributed by atoms with Crippen LogP contribution >= 0.6 is 0 Å². The van der Waals surface area contributed by atoms with E-state index in [0.717, 1.165) is 148 Å². The predicted molar refractivity (Wildman–Crippen MR) is 302 cm³/mol. The molecule has 396 valence electrons. The Morgan fingerprint density at radius 3 is 0.929 bits per heavy atom. The van der Waals surface area contributed by atoms with Crippen molar-refractivity contribution in [1.29, 1.82) is 0 Å². The number of unbranched alkanes of at least 4 members (excludes halogenated alkanes) is 19. The molecule has 0 aromatic carbocycles. The molecule has 0 saturated heterocycles. The van der Waals surface area contributed by atoms with Crippen molar-refractivity contribution in [3.8, 4) is 0 Å². The van der Waals surface area contributed by atoms with Crippen molar-refractivity contribution in [3.63, 3.8) is 0 Å². The molecule has 0 N–H and O–H groups in total. The van der Waals surface area contributed by atoms with Crippen LogP contribution in [-0.4, -0.2) is 37.2 Å². The smallest absolute Gasteiger partial charge is 0.306 e. The molecule has 0 fully saturated rings. The minimum Gasteiger partial charge on any atom is -0.462 e. The molecule has 0 aromatic heterocycles. The van der Waals surface area contributed by atoms with Gasteiger partial charge in [-0.05, 0) is 128 Å². The van der Waals surface area contributed by atoms with E-state index in [9.17, 15) is 14.4 Å². The van der Waals surface area contributed by atoms with Crippen LogP contribution in [0.5, 0.6) is 0 Å². The fourth-order valence-corrected chi connectivity index (χ4v) is 7.37. The third kappa shape index (κ3) is 54.7. The van der Waals surface area contributed by atoms with Gasteiger partial charge in [0.1, 0.15) is 13.2 Å². The van der Waals surface area contributed by atoms with E-state index >= 15 is 0 Å². The second-order valence-corrected chi connectivity index (χ2v) is 18.5. The summed E-state index contributed by atoms with van der Waals surface area (Å²) in [6, 6.07) is 0. The Balaban J connectivity index is 4.51. The standard InChI is InChI=1S/C64H104O6/c1-4-7-10-13-16-19-22-25-28-30-32-34-36-39-42-45-48-51-54-57-63(66)69-60-61(59-68-62(65)56-53-50-47-44-41-38-27-24-21-18-15-12-9-6-3)70-64(67)58-55-52-49-46-43-40-37-35-33-31-29-26-23-20-17-14-11-8-5-2/h7,10,15-20,24-29,32-35,39,42,61H,4-6,8-9,11-14,21-23,30-31,36-38,40-41,43-60H2,1-3H3/b10-7-,18-15-,19-16-,20-17-,27-24-,28-25-,29-26-,34-32-,35-33-,42-39-/t61-/m1/s1. The molecular formula is C64H104O6. The summed E-state index contributed by atoms with van der Waals surface area (Å²) < 4.78 is 16.8. The number of hydrogen-bond acceptors (Lipinski definition) is 6. The van der Waals surface area contributed by atoms with Gasteiger partial charge in [-0.2, -0.15) is 0 Å². The monoisotopic (exact) mass is 969 g/mol. The van der Waals surface area contributed by atoms with Gasteiger partial charge in [-0.25, -0.2) is 0 Å². The van der Waals surface area contributed by atoms with E-state index in [1.165, 1.54) is 57.8 Å². The van der Waals surface area contributed by atoms with Crippen LogP contribution in [0.4, 0.5) is 0 Å². The van der Waals surface area contributed by atoms with Gasteiger partial charge >= 0.3 is 17.9 Å². The molecule has 0 saturated carbocycles. The van der Waals surface area contributed by atoms with Crippen molar-refractivity contribution in [1.82, 2.24) is 0 Å². The minimum atomic E-state index is -0.809. The molecule has 6 nitrogen and oxygen atoms in total. The zero-order valence-corrected chi connectivity index (χ0v) is 45.2. The van der Waals surface area contributed by atoms with Gasteiger partial charge in [0.15, 0.2) is 6.10 Å². The third-order valence-electron chi connectivity index (χ3n) is 11.7. The molecule has 70 heavy (non-hydrogen) atoms. The highest BCUT2D eigenvalue weighted by atomic mass is 16.6. The Labute approximate surface area is 431 Å². The first-order chi connectivity index (χ1) is 34.5. The molecule has 0 bridgehead atoms. The maximum absolute atomic E-state index is 12.9. The molecule has 6 heteroatoms. The first-order valence-electron chi connectivity index (χ1n) is 28.5. The predicted octanol–water partition coefficient (Wildman–Crippen LogP) is 19.3. The van der Waals surface area contributed by atoms with Crippen LogP contribution < -0.4 is 0 Å². The highest BCUT2D eigenvalue weighted by Gasteiger charge is 2.19. The molecule has 0 rings (SSSR count). The maximum Gasteiger partial charge on any atom is 0.306 e. The Kier molecular flexibility index (Phi) is 54.0. The average Bonchev–Trinajstić information content (AvgIpc) is 3.36. The number of rotatable bonds is 50. The largest absolute Gasteiger partial charge is 0.462 e. The summed E-state index contributed by atoms with van der Waals surface area (Å²) in [5.41, 5.74) is 0. The van der Waals surface area contributed by atoms with Crippen molar-refractivity contribution in [2.45, 2.75) is 252 Å². The quantitative estimate of drug-likeness (QED) is 0.0262. The summed E-state index contributed by atoms with van der Waals surface area (Å²) >= 11 is 0. The summed E-state index contributed by atoms with van der Waals surface area (Å²) in [5.74, 6) is -0.966. The van der Waals surface area contributed by atoms with Gasteiger partial charge in [-0.3, -0.25) is 14.4 Å². The molecule has 0 spiro atoms. The van der Waals surface area contributed by atoms with Gasteiger partial charge in [0.25, 0.3) is 0 Å². The van der Waals surface area contributed by atoms with Crippen LogP contribution in [0, 0.1) is 0 Å². The molecule has 0 heterocycles. The number of hydrogen-bond donors (Lipinski definition) is 0. The number of carbonyl (C=O) groups excluding carboxylic acids is 3. The number of esters is 3. The van der Waals surface area contributed by atoms with Gasteiger partial charge in [-0.1, -0.05) is 219 Å². The Bertz CT molecular complexity index is 1490. The summed E-state index contributed by atoms with van der Waals surface area (Å²) in [6.07, 6.45) is 78.9. The highest BCUT2D eigenvalue weighted by Crippen LogP contribution is 2.13. The SMILES string of the molecule is CC/C=C\C/C=C\C/C=C\C/C=C\C/C=C\CCCCCC(=O)OC[C@@H](COC(=O)CCCCCCC/C=C\C/C=C\CCCC)OC(=O)CCCCCCCC/C=C\C/C=C\C/C=C\CCCCC. The zero-order valence-electron chi connectivity index (χ0n) is 45.2. The second-order valence-electron chi connectivity index (χ2n) is 18.5. The summed E-state index contributed by atoms with van der Waals surface area (Å²) in [6.45, 7) is 6.40. The normalized spacial score (nSPS) is 13.0. The fourth-order valence-electron chi connectivity index (χ4n) is 7.37. The molecule has 0 aliphatic heterocycles. The summed E-state index contributed by atoms with van der Waals surface area (Å²) in [4.78, 5) is 38.2. The van der Waals surface area contributed by atoms with Crippen molar-refractivity contribution in [2.75, 3.05) is 13.2 Å². The van der Waals surface area contributed by atoms with Gasteiger partial charge in [0.05, 0.1) is 0 Å². The third-order valence-corrected chi connectivity index (χ3v) is 11.7. The fraction of sp³-hybridized carbons (Fsp3) is 0.641. The maximum atomic E-state index is 12.9. The second kappa shape index (κ2) is 57.4. The van der Waals surface area contributed by atoms with Gasteiger partial charge in [-0.15, -0.1) is 0 Å². The van der Waals surface area contributed by atoms with E-state index in [2.05, 4.69) is 142 Å². The van der Waals surface area contributed by atoms with Gasteiger partial charge < -0.3 is 14.2 Å². The van der Waals surface area contributed by atoms with Crippen LogP contribution in [0.25, 0.3) is 0 Å². The van der Waals surface area contributed by atoms with E-state index in [1.54, 1.807) is 0 Å². The lowest BCUT2D eigenvalue weighted by Crippen LogP contribution is -2.30. The Morgan fingerprint density at radius 1 is 0.300 bits per heavy atom. The van der Waals surface area contributed by atoms with Gasteiger partial charge in [0, 0.05) is 19.3 Å². The first-order valence-corrected chi connectivity index (χ1v) is 28.5. The summed E-state index contributed by atoms with van der Waals surface area (Å²) in [5, 5.41) is 0. The van der Waals surface area contributed by atoms with Crippen LogP contribution in [0.2, 0.25) is 0 Å². The van der Waals surface area contributed by atoms with Crippen LogP contribution in [-0.2, 0) is 28.6 Å². The lowest BCUT2D eigenvalue weighted by atomic mass is 10.1. The van der Waals surface area contributed by atoms with Crippen LogP contribution in [0.3, 0.4) is 0 Å². The van der Waals surface area contributed by atoms with Gasteiger partial charge in [0.2, 0.25) is 0 Å². The molecule has 1 atom stereocenters. The number of ether oxygens (including phenoxy) is 3. The molecular weight excluding hydrogens is 865 g/mol. The molecule has 0 aliphatic carbocycles. The van der Waals surface area contributed by atoms with E-state index in [4.69, 9.17) is 14.2 Å². The first kappa shape index (κ1) is 65.8. The van der Waals surface area contributed by atoms with E-state index in [-0.39, 0.29) is 31.1 Å². The molecule has 0 amide bonds. The van der Waals surface area contributed by atoms with Crippen LogP contribution in [0.1, 0.15) is 245 Å². The number of carbonyl (C=O) groups is 3. The van der Waals surface area contributed by atoms with Crippen LogP contribution in [0.15, 0.2) is 122 Å². The lowest BCUT2D eigenvalue weighted by Gasteiger charge is -2.18. The van der Waals surface area contributed by atoms with Crippen molar-refractivity contribution in [3.05, 3.63) is 122 Å². The zero-order chi connectivity index (χ0) is 50.7. The Morgan fingerprint density at radius 2 is 0.571 bits per heavy atom. The van der Waals surface area contributed by atoms with E-state index in [0.29, 0.717) is 19.3 Å².